The van der Waals surface area contributed by atoms with Crippen molar-refractivity contribution in [1.29, 1.82) is 0 Å². The van der Waals surface area contributed by atoms with Crippen molar-refractivity contribution >= 4 is 40.1 Å². The van der Waals surface area contributed by atoms with Crippen LogP contribution in [0.15, 0.2) is 64.4 Å². The number of thioether (sulfide) groups is 1. The number of halogens is 3. The highest BCUT2D eigenvalue weighted by Gasteiger charge is 2.44. The summed E-state index contributed by atoms with van der Waals surface area (Å²) in [5, 5.41) is -1.79. The zero-order chi connectivity index (χ0) is 27.7. The van der Waals surface area contributed by atoms with E-state index in [1.807, 2.05) is 47.4 Å². The molecule has 1 amide bonds. The largest absolute Gasteiger partial charge is 0.496 e. The van der Waals surface area contributed by atoms with Crippen molar-refractivity contribution in [2.75, 3.05) is 13.4 Å². The maximum absolute atomic E-state index is 14.6. The van der Waals surface area contributed by atoms with Crippen LogP contribution in [0, 0.1) is 11.6 Å². The number of carbonyl (C=O) groups is 1. The van der Waals surface area contributed by atoms with Crippen LogP contribution in [0.1, 0.15) is 48.6 Å². The van der Waals surface area contributed by atoms with Gasteiger partial charge in [-0.3, -0.25) is 9.00 Å². The number of amides is 1. The molecule has 1 aliphatic carbocycles. The van der Waals surface area contributed by atoms with Crippen LogP contribution in [0.5, 0.6) is 5.75 Å². The first-order valence-electron chi connectivity index (χ1n) is 13.0. The maximum atomic E-state index is 14.6. The number of rotatable bonds is 7. The number of hydrogen-bond acceptors (Lipinski definition) is 4. The summed E-state index contributed by atoms with van der Waals surface area (Å²) >= 11 is 7.66. The number of nitrogens with zero attached hydrogens (tertiary/aromatic N) is 1. The fraction of sp³-hybridized carbons (Fsp3) is 0.367. The van der Waals surface area contributed by atoms with Gasteiger partial charge in [0, 0.05) is 45.7 Å². The molecule has 1 aliphatic heterocycles. The standard InChI is InChI=1S/C30H30ClF2NO3S2/c1-37-25-15-10-19(18-8-11-22(12-9-18)39(2)36)16-20(25)17-34(21-6-4-3-5-7-21)30(35)29-27(31)26-23(32)13-14-24(33)28(26)38-29/h8-16,21,27,29H,3-7,17H2,1-2H3. The van der Waals surface area contributed by atoms with Crippen molar-refractivity contribution < 1.29 is 22.5 Å². The van der Waals surface area contributed by atoms with E-state index >= 15 is 0 Å². The van der Waals surface area contributed by atoms with Gasteiger partial charge in [0.15, 0.2) is 0 Å². The summed E-state index contributed by atoms with van der Waals surface area (Å²) in [6.45, 7) is 0.291. The van der Waals surface area contributed by atoms with Gasteiger partial charge < -0.3 is 9.64 Å². The van der Waals surface area contributed by atoms with Gasteiger partial charge in [-0.25, -0.2) is 8.78 Å². The van der Waals surface area contributed by atoms with Gasteiger partial charge in [-0.15, -0.1) is 23.4 Å². The molecule has 0 saturated heterocycles. The molecule has 1 saturated carbocycles. The zero-order valence-electron chi connectivity index (χ0n) is 21.8. The lowest BCUT2D eigenvalue weighted by molar-refractivity contribution is -0.134. The van der Waals surface area contributed by atoms with E-state index < -0.39 is 33.1 Å². The van der Waals surface area contributed by atoms with Crippen molar-refractivity contribution in [1.82, 2.24) is 4.90 Å². The van der Waals surface area contributed by atoms with Crippen LogP contribution < -0.4 is 4.74 Å². The van der Waals surface area contributed by atoms with E-state index in [4.69, 9.17) is 16.3 Å². The van der Waals surface area contributed by atoms with Crippen molar-refractivity contribution in [2.45, 2.75) is 65.1 Å². The van der Waals surface area contributed by atoms with E-state index in [1.165, 1.54) is 0 Å². The molecular weight excluding hydrogens is 560 g/mol. The fourth-order valence-electron chi connectivity index (χ4n) is 5.49. The molecule has 0 radical (unpaired) electrons. The minimum Gasteiger partial charge on any atom is -0.496 e. The van der Waals surface area contributed by atoms with Crippen LogP contribution in [-0.2, 0) is 22.1 Å². The van der Waals surface area contributed by atoms with Crippen LogP contribution in [-0.4, -0.2) is 39.7 Å². The number of methoxy groups -OCH3 is 1. The molecule has 0 N–H and O–H groups in total. The van der Waals surface area contributed by atoms with Crippen LogP contribution in [0.3, 0.4) is 0 Å². The number of ether oxygens (including phenoxy) is 1. The molecule has 5 rings (SSSR count). The molecule has 3 aromatic carbocycles. The predicted molar refractivity (Wildman–Crippen MR) is 153 cm³/mol. The van der Waals surface area contributed by atoms with Crippen LogP contribution in [0.4, 0.5) is 8.78 Å². The van der Waals surface area contributed by atoms with Gasteiger partial charge in [-0.2, -0.15) is 0 Å². The molecular formula is C30H30ClF2NO3S2. The summed E-state index contributed by atoms with van der Waals surface area (Å²) in [5.41, 5.74) is 2.80. The van der Waals surface area contributed by atoms with Gasteiger partial charge in [0.25, 0.3) is 0 Å². The zero-order valence-corrected chi connectivity index (χ0v) is 24.2. The van der Waals surface area contributed by atoms with E-state index in [9.17, 15) is 17.8 Å². The molecule has 206 valence electrons. The molecule has 4 nitrogen and oxygen atoms in total. The second kappa shape index (κ2) is 12.0. The molecule has 39 heavy (non-hydrogen) atoms. The molecule has 0 bridgehead atoms. The average Bonchev–Trinajstić information content (AvgIpc) is 3.32. The molecule has 3 unspecified atom stereocenters. The highest BCUT2D eigenvalue weighted by molar-refractivity contribution is 8.01. The van der Waals surface area contributed by atoms with Crippen LogP contribution in [0.2, 0.25) is 0 Å². The normalized spacial score (nSPS) is 19.9. The lowest BCUT2D eigenvalue weighted by Gasteiger charge is -2.36. The Balaban J connectivity index is 1.48. The molecule has 2 aliphatic rings. The Labute approximate surface area is 239 Å². The molecule has 0 aromatic heterocycles. The van der Waals surface area contributed by atoms with Crippen LogP contribution in [0.25, 0.3) is 11.1 Å². The molecule has 3 atom stereocenters. The number of carbonyl (C=O) groups excluding carboxylic acids is 1. The van der Waals surface area contributed by atoms with Gasteiger partial charge in [0.2, 0.25) is 5.91 Å². The summed E-state index contributed by atoms with van der Waals surface area (Å²) in [7, 11) is 0.532. The van der Waals surface area contributed by atoms with Crippen molar-refractivity contribution in [2.24, 2.45) is 0 Å². The number of alkyl halides is 1. The summed E-state index contributed by atoms with van der Waals surface area (Å²) in [6.07, 6.45) is 6.53. The molecule has 1 heterocycles. The van der Waals surface area contributed by atoms with Crippen molar-refractivity contribution in [3.05, 3.63) is 77.4 Å². The molecule has 0 spiro atoms. The van der Waals surface area contributed by atoms with Gasteiger partial charge in [-0.05, 0) is 60.4 Å². The lowest BCUT2D eigenvalue weighted by Crippen LogP contribution is -2.45. The Kier molecular flexibility index (Phi) is 8.64. The third-order valence-corrected chi connectivity index (χ3v) is 10.5. The van der Waals surface area contributed by atoms with E-state index in [0.717, 1.165) is 77.6 Å². The minimum atomic E-state index is -1.07. The van der Waals surface area contributed by atoms with Gasteiger partial charge >= 0.3 is 0 Å². The molecule has 3 aromatic rings. The van der Waals surface area contributed by atoms with Crippen molar-refractivity contribution in [3.63, 3.8) is 0 Å². The smallest absolute Gasteiger partial charge is 0.238 e. The Hall–Kier alpha value is -2.42. The Morgan fingerprint density at radius 3 is 2.33 bits per heavy atom. The van der Waals surface area contributed by atoms with Crippen molar-refractivity contribution in [3.8, 4) is 16.9 Å². The Morgan fingerprint density at radius 2 is 1.69 bits per heavy atom. The highest BCUT2D eigenvalue weighted by Crippen LogP contribution is 2.51. The maximum Gasteiger partial charge on any atom is 0.238 e. The number of fused-ring (bicyclic) bond motifs is 1. The fourth-order valence-corrected chi connectivity index (χ4v) is 7.82. The molecule has 9 heteroatoms. The summed E-state index contributed by atoms with van der Waals surface area (Å²) < 4.78 is 46.7. The summed E-state index contributed by atoms with van der Waals surface area (Å²) in [5.74, 6) is -0.718. The van der Waals surface area contributed by atoms with E-state index in [0.29, 0.717) is 12.3 Å². The summed E-state index contributed by atoms with van der Waals surface area (Å²) in [4.78, 5) is 16.8. The second-order valence-electron chi connectivity index (χ2n) is 9.98. The highest BCUT2D eigenvalue weighted by atomic mass is 35.5. The summed E-state index contributed by atoms with van der Waals surface area (Å²) in [6, 6.07) is 15.6. The lowest BCUT2D eigenvalue weighted by atomic mass is 9.93. The Bertz CT molecular complexity index is 1400. The van der Waals surface area contributed by atoms with Gasteiger partial charge in [0.05, 0.1) is 17.4 Å². The first-order chi connectivity index (χ1) is 18.8. The third kappa shape index (κ3) is 5.74. The van der Waals surface area contributed by atoms with Gasteiger partial charge in [-0.1, -0.05) is 37.5 Å². The monoisotopic (exact) mass is 589 g/mol. The van der Waals surface area contributed by atoms with E-state index in [1.54, 1.807) is 13.4 Å². The predicted octanol–water partition coefficient (Wildman–Crippen LogP) is 7.49. The second-order valence-corrected chi connectivity index (χ2v) is 13.0. The first-order valence-corrected chi connectivity index (χ1v) is 15.9. The van der Waals surface area contributed by atoms with E-state index in [-0.39, 0.29) is 22.4 Å². The minimum absolute atomic E-state index is 0.00121. The number of benzene rings is 3. The average molecular weight is 590 g/mol. The first kappa shape index (κ1) is 28.1. The van der Waals surface area contributed by atoms with E-state index in [2.05, 4.69) is 0 Å². The quantitative estimate of drug-likeness (QED) is 0.268. The topological polar surface area (TPSA) is 46.6 Å². The third-order valence-electron chi connectivity index (χ3n) is 7.56. The van der Waals surface area contributed by atoms with Gasteiger partial charge in [0.1, 0.15) is 22.6 Å². The van der Waals surface area contributed by atoms with Crippen LogP contribution >= 0.6 is 23.4 Å². The molecule has 1 fully saturated rings. The Morgan fingerprint density at radius 1 is 1.03 bits per heavy atom. The number of hydrogen-bond donors (Lipinski definition) is 0. The SMILES string of the molecule is COc1ccc(-c2ccc(S(C)=O)cc2)cc1CN(C(=O)C1Sc2c(F)ccc(F)c2C1Cl)C1CCCCC1.